The minimum absolute atomic E-state index is 0.192. The summed E-state index contributed by atoms with van der Waals surface area (Å²) in [5.74, 6) is 1.15. The molecule has 0 aliphatic heterocycles. The summed E-state index contributed by atoms with van der Waals surface area (Å²) < 4.78 is 10.8. The van der Waals surface area contributed by atoms with Gasteiger partial charge in [-0.1, -0.05) is 53.7 Å². The Bertz CT molecular complexity index is 826. The standard InChI is InChI=1S/C20H18N2O3/c23-20(12-11-16-7-3-1-4-8-16)21-14-19-13-17(22-25-19)15-24-18-9-5-2-6-10-18/h1-13H,14-15H2,(H,21,23). The second-order valence-electron chi connectivity index (χ2n) is 5.35. The second kappa shape index (κ2) is 8.49. The van der Waals surface area contributed by atoms with E-state index in [0.717, 1.165) is 11.3 Å². The van der Waals surface area contributed by atoms with E-state index in [1.807, 2.05) is 60.7 Å². The molecule has 25 heavy (non-hydrogen) atoms. The maximum Gasteiger partial charge on any atom is 0.244 e. The summed E-state index contributed by atoms with van der Waals surface area (Å²) in [6.07, 6.45) is 3.25. The van der Waals surface area contributed by atoms with Gasteiger partial charge in [-0.05, 0) is 23.8 Å². The first-order chi connectivity index (χ1) is 12.3. The van der Waals surface area contributed by atoms with Crippen LogP contribution in [0.1, 0.15) is 17.0 Å². The molecule has 5 nitrogen and oxygen atoms in total. The third kappa shape index (κ3) is 5.35. The van der Waals surface area contributed by atoms with Gasteiger partial charge in [0.05, 0.1) is 6.54 Å². The average Bonchev–Trinajstić information content (AvgIpc) is 3.13. The van der Waals surface area contributed by atoms with Crippen LogP contribution in [0.3, 0.4) is 0 Å². The number of nitrogens with one attached hydrogen (secondary N) is 1. The lowest BCUT2D eigenvalue weighted by Crippen LogP contribution is -2.19. The molecular formula is C20H18N2O3. The van der Waals surface area contributed by atoms with Crippen LogP contribution in [0, 0.1) is 0 Å². The van der Waals surface area contributed by atoms with E-state index in [-0.39, 0.29) is 12.5 Å². The summed E-state index contributed by atoms with van der Waals surface area (Å²) in [7, 11) is 0. The minimum atomic E-state index is -0.192. The highest BCUT2D eigenvalue weighted by molar-refractivity contribution is 5.91. The third-order valence-electron chi connectivity index (χ3n) is 3.40. The maximum atomic E-state index is 11.8. The minimum Gasteiger partial charge on any atom is -0.487 e. The van der Waals surface area contributed by atoms with Crippen molar-refractivity contribution >= 4 is 12.0 Å². The summed E-state index contributed by atoms with van der Waals surface area (Å²) in [5, 5.41) is 6.69. The van der Waals surface area contributed by atoms with E-state index in [2.05, 4.69) is 10.5 Å². The number of hydrogen-bond acceptors (Lipinski definition) is 4. The first-order valence-corrected chi connectivity index (χ1v) is 7.93. The fourth-order valence-electron chi connectivity index (χ4n) is 2.15. The van der Waals surface area contributed by atoms with Gasteiger partial charge in [0.15, 0.2) is 5.76 Å². The van der Waals surface area contributed by atoms with Gasteiger partial charge in [0.2, 0.25) is 5.91 Å². The molecule has 0 unspecified atom stereocenters. The Morgan fingerprint density at radius 1 is 1.08 bits per heavy atom. The topological polar surface area (TPSA) is 64.4 Å². The van der Waals surface area contributed by atoms with E-state index in [4.69, 9.17) is 9.26 Å². The molecule has 0 aliphatic carbocycles. The first-order valence-electron chi connectivity index (χ1n) is 7.93. The van der Waals surface area contributed by atoms with Crippen molar-refractivity contribution in [3.8, 4) is 5.75 Å². The Labute approximate surface area is 145 Å². The van der Waals surface area contributed by atoms with Gasteiger partial charge in [-0.3, -0.25) is 4.79 Å². The highest BCUT2D eigenvalue weighted by Gasteiger charge is 2.06. The molecule has 1 amide bonds. The quantitative estimate of drug-likeness (QED) is 0.671. The zero-order valence-corrected chi connectivity index (χ0v) is 13.6. The Kier molecular flexibility index (Phi) is 5.61. The summed E-state index contributed by atoms with van der Waals surface area (Å²) in [6, 6.07) is 20.9. The van der Waals surface area contributed by atoms with Crippen LogP contribution in [0.2, 0.25) is 0 Å². The van der Waals surface area contributed by atoms with E-state index in [1.165, 1.54) is 6.08 Å². The molecule has 0 spiro atoms. The summed E-state index contributed by atoms with van der Waals surface area (Å²) in [5.41, 5.74) is 1.64. The van der Waals surface area contributed by atoms with Crippen molar-refractivity contribution in [3.63, 3.8) is 0 Å². The van der Waals surface area contributed by atoms with Gasteiger partial charge in [0.1, 0.15) is 18.1 Å². The van der Waals surface area contributed by atoms with Gasteiger partial charge >= 0.3 is 0 Å². The van der Waals surface area contributed by atoms with Crippen molar-refractivity contribution in [3.05, 3.63) is 89.8 Å². The number of ether oxygens (including phenoxy) is 1. The Hall–Kier alpha value is -3.34. The van der Waals surface area contributed by atoms with E-state index in [0.29, 0.717) is 18.1 Å². The van der Waals surface area contributed by atoms with Crippen LogP contribution in [-0.4, -0.2) is 11.1 Å². The monoisotopic (exact) mass is 334 g/mol. The van der Waals surface area contributed by atoms with Crippen molar-refractivity contribution in [2.24, 2.45) is 0 Å². The van der Waals surface area contributed by atoms with Gasteiger partial charge in [0.25, 0.3) is 0 Å². The number of carbonyl (C=O) groups is 1. The van der Waals surface area contributed by atoms with Crippen molar-refractivity contribution in [1.29, 1.82) is 0 Å². The van der Waals surface area contributed by atoms with E-state index in [1.54, 1.807) is 12.1 Å². The molecular weight excluding hydrogens is 316 g/mol. The SMILES string of the molecule is O=C(C=Cc1ccccc1)NCc1cc(COc2ccccc2)no1. The van der Waals surface area contributed by atoms with Gasteiger partial charge in [-0.25, -0.2) is 0 Å². The largest absolute Gasteiger partial charge is 0.487 e. The normalized spacial score (nSPS) is 10.7. The summed E-state index contributed by atoms with van der Waals surface area (Å²) in [4.78, 5) is 11.8. The van der Waals surface area contributed by atoms with E-state index < -0.39 is 0 Å². The molecule has 0 saturated heterocycles. The number of hydrogen-bond donors (Lipinski definition) is 1. The van der Waals surface area contributed by atoms with Crippen molar-refractivity contribution in [2.45, 2.75) is 13.2 Å². The van der Waals surface area contributed by atoms with Gasteiger partial charge in [-0.15, -0.1) is 0 Å². The number of amides is 1. The third-order valence-corrected chi connectivity index (χ3v) is 3.40. The number of benzene rings is 2. The highest BCUT2D eigenvalue weighted by Crippen LogP contribution is 2.12. The van der Waals surface area contributed by atoms with Crippen molar-refractivity contribution in [2.75, 3.05) is 0 Å². The van der Waals surface area contributed by atoms with Crippen LogP contribution in [-0.2, 0) is 17.9 Å². The second-order valence-corrected chi connectivity index (χ2v) is 5.35. The van der Waals surface area contributed by atoms with Crippen LogP contribution < -0.4 is 10.1 Å². The summed E-state index contributed by atoms with van der Waals surface area (Å²) >= 11 is 0. The molecule has 5 heteroatoms. The molecule has 1 N–H and O–H groups in total. The molecule has 0 bridgehead atoms. The molecule has 1 aromatic heterocycles. The molecule has 1 heterocycles. The molecule has 3 rings (SSSR count). The van der Waals surface area contributed by atoms with Crippen LogP contribution >= 0.6 is 0 Å². The molecule has 0 radical (unpaired) electrons. The molecule has 2 aromatic carbocycles. The first kappa shape index (κ1) is 16.5. The van der Waals surface area contributed by atoms with Gasteiger partial charge in [-0.2, -0.15) is 0 Å². The number of carbonyl (C=O) groups excluding carboxylic acids is 1. The number of rotatable bonds is 7. The lowest BCUT2D eigenvalue weighted by atomic mass is 10.2. The fraction of sp³-hybridized carbons (Fsp3) is 0.100. The average molecular weight is 334 g/mol. The number of aromatic nitrogens is 1. The predicted octanol–water partition coefficient (Wildman–Crippen LogP) is 3.58. The molecule has 0 atom stereocenters. The van der Waals surface area contributed by atoms with E-state index in [9.17, 15) is 4.79 Å². The Morgan fingerprint density at radius 2 is 1.80 bits per heavy atom. The molecule has 0 aliphatic rings. The highest BCUT2D eigenvalue weighted by atomic mass is 16.5. The zero-order chi connectivity index (χ0) is 17.3. The van der Waals surface area contributed by atoms with Gasteiger partial charge in [0, 0.05) is 12.1 Å². The smallest absolute Gasteiger partial charge is 0.244 e. The summed E-state index contributed by atoms with van der Waals surface area (Å²) in [6.45, 7) is 0.589. The maximum absolute atomic E-state index is 11.8. The molecule has 126 valence electrons. The number of para-hydroxylation sites is 1. The predicted molar refractivity (Wildman–Crippen MR) is 94.6 cm³/mol. The molecule has 0 fully saturated rings. The lowest BCUT2D eigenvalue weighted by molar-refractivity contribution is -0.116. The van der Waals surface area contributed by atoms with Crippen molar-refractivity contribution in [1.82, 2.24) is 10.5 Å². The van der Waals surface area contributed by atoms with E-state index >= 15 is 0 Å². The van der Waals surface area contributed by atoms with Crippen LogP contribution in [0.4, 0.5) is 0 Å². The molecule has 0 saturated carbocycles. The fourth-order valence-corrected chi connectivity index (χ4v) is 2.15. The zero-order valence-electron chi connectivity index (χ0n) is 13.6. The van der Waals surface area contributed by atoms with Gasteiger partial charge < -0.3 is 14.6 Å². The lowest BCUT2D eigenvalue weighted by Gasteiger charge is -2.01. The number of nitrogens with zero attached hydrogens (tertiary/aromatic N) is 1. The Balaban J connectivity index is 1.45. The van der Waals surface area contributed by atoms with Crippen molar-refractivity contribution < 1.29 is 14.1 Å². The van der Waals surface area contributed by atoms with Crippen LogP contribution in [0.25, 0.3) is 6.08 Å². The van der Waals surface area contributed by atoms with Crippen LogP contribution in [0.5, 0.6) is 5.75 Å². The van der Waals surface area contributed by atoms with Crippen LogP contribution in [0.15, 0.2) is 77.3 Å². The Morgan fingerprint density at radius 3 is 2.56 bits per heavy atom. The molecule has 3 aromatic rings.